The lowest BCUT2D eigenvalue weighted by molar-refractivity contribution is 0.519. The predicted molar refractivity (Wildman–Crippen MR) is 74.3 cm³/mol. The first-order valence-electron chi connectivity index (χ1n) is 6.81. The number of benzene rings is 1. The molecule has 5 heteroatoms. The lowest BCUT2D eigenvalue weighted by Gasteiger charge is -2.14. The molecule has 2 rings (SSSR count). The van der Waals surface area contributed by atoms with E-state index in [-0.39, 0.29) is 12.0 Å². The van der Waals surface area contributed by atoms with Gasteiger partial charge in [-0.3, -0.25) is 4.68 Å². The van der Waals surface area contributed by atoms with E-state index in [1.807, 2.05) is 19.9 Å². The molecule has 0 saturated carbocycles. The number of nitrogens with two attached hydrogens (primary N) is 1. The Morgan fingerprint density at radius 3 is 2.45 bits per heavy atom. The van der Waals surface area contributed by atoms with Crippen LogP contribution in [-0.4, -0.2) is 9.78 Å². The van der Waals surface area contributed by atoms with Gasteiger partial charge in [0.05, 0.1) is 17.4 Å². The first kappa shape index (κ1) is 14.7. The normalized spacial score (nSPS) is 12.7. The second kappa shape index (κ2) is 6.13. The zero-order chi connectivity index (χ0) is 14.7. The average molecular weight is 279 g/mol. The second-order valence-electron chi connectivity index (χ2n) is 4.74. The lowest BCUT2D eigenvalue weighted by atomic mass is 10.0. The Labute approximate surface area is 117 Å². The summed E-state index contributed by atoms with van der Waals surface area (Å²) in [6.07, 6.45) is 0.925. The summed E-state index contributed by atoms with van der Waals surface area (Å²) >= 11 is 0. The Morgan fingerprint density at radius 2 is 1.90 bits per heavy atom. The topological polar surface area (TPSA) is 43.8 Å². The van der Waals surface area contributed by atoms with Crippen molar-refractivity contribution >= 4 is 0 Å². The van der Waals surface area contributed by atoms with E-state index >= 15 is 0 Å². The van der Waals surface area contributed by atoms with E-state index in [0.29, 0.717) is 6.54 Å². The third-order valence-electron chi connectivity index (χ3n) is 3.39. The highest BCUT2D eigenvalue weighted by Gasteiger charge is 2.18. The zero-order valence-electron chi connectivity index (χ0n) is 11.7. The largest absolute Gasteiger partial charge is 0.322 e. The van der Waals surface area contributed by atoms with Gasteiger partial charge < -0.3 is 5.73 Å². The Hall–Kier alpha value is -1.75. The molecule has 0 bridgehead atoms. The zero-order valence-corrected chi connectivity index (χ0v) is 11.7. The number of aryl methyl sites for hydroxylation is 2. The summed E-state index contributed by atoms with van der Waals surface area (Å²) in [7, 11) is 0. The van der Waals surface area contributed by atoms with E-state index in [2.05, 4.69) is 5.10 Å². The number of halogens is 2. The first-order valence-corrected chi connectivity index (χ1v) is 6.81. The minimum Gasteiger partial charge on any atom is -0.322 e. The van der Waals surface area contributed by atoms with Gasteiger partial charge in [-0.05, 0) is 38.0 Å². The summed E-state index contributed by atoms with van der Waals surface area (Å²) in [6, 6.07) is 5.28. The molecule has 1 aromatic heterocycles. The lowest BCUT2D eigenvalue weighted by Crippen LogP contribution is -2.19. The van der Waals surface area contributed by atoms with E-state index in [9.17, 15) is 8.78 Å². The van der Waals surface area contributed by atoms with Crippen LogP contribution in [0.15, 0.2) is 24.3 Å². The molecule has 0 spiro atoms. The smallest absolute Gasteiger partial charge is 0.129 e. The summed E-state index contributed by atoms with van der Waals surface area (Å²) in [5.41, 5.74) is 7.89. The van der Waals surface area contributed by atoms with Crippen LogP contribution >= 0.6 is 0 Å². The average Bonchev–Trinajstić information content (AvgIpc) is 2.86. The van der Waals surface area contributed by atoms with Crippen LogP contribution in [0.2, 0.25) is 0 Å². The van der Waals surface area contributed by atoms with Crippen molar-refractivity contribution in [3.05, 3.63) is 52.9 Å². The molecule has 0 aliphatic rings. The molecule has 108 valence electrons. The highest BCUT2D eigenvalue weighted by Crippen LogP contribution is 2.21. The summed E-state index contributed by atoms with van der Waals surface area (Å²) in [6.45, 7) is 4.66. The van der Waals surface area contributed by atoms with Crippen molar-refractivity contribution in [3.63, 3.8) is 0 Å². The highest BCUT2D eigenvalue weighted by molar-refractivity contribution is 5.23. The monoisotopic (exact) mass is 279 g/mol. The summed E-state index contributed by atoms with van der Waals surface area (Å²) < 4.78 is 29.1. The van der Waals surface area contributed by atoms with E-state index in [4.69, 9.17) is 5.73 Å². The number of hydrogen-bond donors (Lipinski definition) is 1. The van der Waals surface area contributed by atoms with Gasteiger partial charge in [0.1, 0.15) is 11.6 Å². The SMILES string of the molecule is CCc1cc(C(N)Cc2c(F)cccc2F)n(CC)n1. The molecule has 0 radical (unpaired) electrons. The second-order valence-corrected chi connectivity index (χ2v) is 4.74. The molecule has 20 heavy (non-hydrogen) atoms. The maximum atomic E-state index is 13.7. The molecule has 0 fully saturated rings. The van der Waals surface area contributed by atoms with Crippen LogP contribution in [-0.2, 0) is 19.4 Å². The van der Waals surface area contributed by atoms with E-state index in [0.717, 1.165) is 17.8 Å². The molecule has 1 heterocycles. The Kier molecular flexibility index (Phi) is 4.49. The number of hydrogen-bond acceptors (Lipinski definition) is 2. The minimum absolute atomic E-state index is 0.0295. The third-order valence-corrected chi connectivity index (χ3v) is 3.39. The molecular weight excluding hydrogens is 260 g/mol. The maximum absolute atomic E-state index is 13.7. The fourth-order valence-electron chi connectivity index (χ4n) is 2.26. The molecule has 3 nitrogen and oxygen atoms in total. The molecule has 2 aromatic rings. The first-order chi connectivity index (χ1) is 9.56. The number of aromatic nitrogens is 2. The van der Waals surface area contributed by atoms with E-state index in [1.165, 1.54) is 18.2 Å². The van der Waals surface area contributed by atoms with Crippen molar-refractivity contribution in [3.8, 4) is 0 Å². The van der Waals surface area contributed by atoms with Crippen LogP contribution in [0.1, 0.15) is 36.8 Å². The summed E-state index contributed by atoms with van der Waals surface area (Å²) in [5.74, 6) is -1.11. The molecule has 1 aromatic carbocycles. The summed E-state index contributed by atoms with van der Waals surface area (Å²) in [4.78, 5) is 0. The molecule has 0 saturated heterocycles. The molecular formula is C15H19F2N3. The standard InChI is InChI=1S/C15H19F2N3/c1-3-10-8-15(20(4-2)19-10)14(18)9-11-12(16)6-5-7-13(11)17/h5-8,14H,3-4,9,18H2,1-2H3. The minimum atomic E-state index is -0.557. The van der Waals surface area contributed by atoms with Crippen LogP contribution in [0, 0.1) is 11.6 Å². The molecule has 0 aliphatic heterocycles. The van der Waals surface area contributed by atoms with Gasteiger partial charge in [-0.1, -0.05) is 13.0 Å². The van der Waals surface area contributed by atoms with Gasteiger partial charge in [0.25, 0.3) is 0 Å². The van der Waals surface area contributed by atoms with Gasteiger partial charge in [0.2, 0.25) is 0 Å². The number of rotatable bonds is 5. The van der Waals surface area contributed by atoms with E-state index in [1.54, 1.807) is 4.68 Å². The molecule has 1 atom stereocenters. The van der Waals surface area contributed by atoms with E-state index < -0.39 is 17.7 Å². The van der Waals surface area contributed by atoms with Crippen LogP contribution in [0.25, 0.3) is 0 Å². The number of nitrogens with zero attached hydrogens (tertiary/aromatic N) is 2. The fourth-order valence-corrected chi connectivity index (χ4v) is 2.26. The quantitative estimate of drug-likeness (QED) is 0.914. The van der Waals surface area contributed by atoms with Crippen molar-refractivity contribution < 1.29 is 8.78 Å². The molecule has 2 N–H and O–H groups in total. The Morgan fingerprint density at radius 1 is 1.25 bits per heavy atom. The Balaban J connectivity index is 2.28. The van der Waals surface area contributed by atoms with Gasteiger partial charge in [-0.2, -0.15) is 5.10 Å². The predicted octanol–water partition coefficient (Wildman–Crippen LogP) is 2.99. The van der Waals surface area contributed by atoms with Crippen molar-refractivity contribution in [1.29, 1.82) is 0 Å². The van der Waals surface area contributed by atoms with Crippen molar-refractivity contribution in [2.45, 2.75) is 39.3 Å². The Bertz CT molecular complexity index is 573. The van der Waals surface area contributed by atoms with Gasteiger partial charge in [0.15, 0.2) is 0 Å². The molecule has 1 unspecified atom stereocenters. The highest BCUT2D eigenvalue weighted by atomic mass is 19.1. The van der Waals surface area contributed by atoms with Gasteiger partial charge in [0, 0.05) is 12.1 Å². The van der Waals surface area contributed by atoms with Crippen LogP contribution in [0.4, 0.5) is 8.78 Å². The molecule has 0 amide bonds. The van der Waals surface area contributed by atoms with Crippen LogP contribution in [0.3, 0.4) is 0 Å². The third kappa shape index (κ3) is 2.88. The maximum Gasteiger partial charge on any atom is 0.129 e. The van der Waals surface area contributed by atoms with Crippen molar-refractivity contribution in [2.24, 2.45) is 5.73 Å². The molecule has 0 aliphatic carbocycles. The summed E-state index contributed by atoms with van der Waals surface area (Å²) in [5, 5.41) is 4.40. The van der Waals surface area contributed by atoms with Gasteiger partial charge >= 0.3 is 0 Å². The van der Waals surface area contributed by atoms with Crippen molar-refractivity contribution in [1.82, 2.24) is 9.78 Å². The van der Waals surface area contributed by atoms with Crippen LogP contribution < -0.4 is 5.73 Å². The fraction of sp³-hybridized carbons (Fsp3) is 0.400. The van der Waals surface area contributed by atoms with Crippen molar-refractivity contribution in [2.75, 3.05) is 0 Å². The van der Waals surface area contributed by atoms with Gasteiger partial charge in [-0.25, -0.2) is 8.78 Å². The van der Waals surface area contributed by atoms with Crippen LogP contribution in [0.5, 0.6) is 0 Å². The van der Waals surface area contributed by atoms with Gasteiger partial charge in [-0.15, -0.1) is 0 Å².